The maximum absolute atomic E-state index is 2.42. The van der Waals surface area contributed by atoms with Crippen LogP contribution in [0.25, 0.3) is 44.5 Å². The molecule has 1 atom stereocenters. The molecule has 0 spiro atoms. The van der Waals surface area contributed by atoms with E-state index in [4.69, 9.17) is 0 Å². The second-order valence-electron chi connectivity index (χ2n) is 13.5. The van der Waals surface area contributed by atoms with Gasteiger partial charge in [-0.25, -0.2) is 0 Å². The summed E-state index contributed by atoms with van der Waals surface area (Å²) in [6.45, 7) is 2.38. The first kappa shape index (κ1) is 30.6. The monoisotopic (exact) mass is 651 g/mol. The molecule has 0 heterocycles. The van der Waals surface area contributed by atoms with E-state index in [1.807, 2.05) is 0 Å². The molecule has 9 rings (SSSR count). The highest BCUT2D eigenvalue weighted by Crippen LogP contribution is 2.53. The average molecular weight is 652 g/mol. The molecule has 0 fully saturated rings. The molecule has 8 aromatic carbocycles. The highest BCUT2D eigenvalue weighted by Gasteiger charge is 2.40. The maximum atomic E-state index is 2.42. The van der Waals surface area contributed by atoms with Crippen molar-refractivity contribution in [2.75, 3.05) is 4.90 Å². The van der Waals surface area contributed by atoms with E-state index in [1.165, 1.54) is 61.2 Å². The Kier molecular flexibility index (Phi) is 7.67. The number of rotatable bonds is 7. The summed E-state index contributed by atoms with van der Waals surface area (Å²) in [5, 5.41) is 0. The third-order valence-corrected chi connectivity index (χ3v) is 10.6. The summed E-state index contributed by atoms with van der Waals surface area (Å²) < 4.78 is 0. The van der Waals surface area contributed by atoms with Crippen LogP contribution in [0.15, 0.2) is 206 Å². The first-order valence-corrected chi connectivity index (χ1v) is 17.7. The molecule has 0 N–H and O–H groups in total. The molecule has 1 aliphatic carbocycles. The van der Waals surface area contributed by atoms with E-state index in [1.54, 1.807) is 0 Å². The molecule has 0 radical (unpaired) electrons. The molecule has 1 unspecified atom stereocenters. The predicted octanol–water partition coefficient (Wildman–Crippen LogP) is 13.5. The van der Waals surface area contributed by atoms with E-state index in [2.05, 4.69) is 218 Å². The quantitative estimate of drug-likeness (QED) is 0.166. The van der Waals surface area contributed by atoms with E-state index in [0.717, 1.165) is 17.1 Å². The van der Waals surface area contributed by atoms with Gasteiger partial charge >= 0.3 is 0 Å². The van der Waals surface area contributed by atoms with Gasteiger partial charge in [0.2, 0.25) is 0 Å². The van der Waals surface area contributed by atoms with Crippen LogP contribution in [0.4, 0.5) is 17.1 Å². The van der Waals surface area contributed by atoms with Crippen LogP contribution in [-0.2, 0) is 5.41 Å². The number of benzene rings is 8. The number of hydrogen-bond donors (Lipinski definition) is 0. The lowest BCUT2D eigenvalue weighted by Gasteiger charge is -2.28. The summed E-state index contributed by atoms with van der Waals surface area (Å²) >= 11 is 0. The van der Waals surface area contributed by atoms with Gasteiger partial charge in [-0.05, 0) is 111 Å². The second kappa shape index (κ2) is 12.8. The normalized spacial score (nSPS) is 14.5. The van der Waals surface area contributed by atoms with Crippen LogP contribution in [0, 0.1) is 0 Å². The minimum atomic E-state index is -0.227. The summed E-state index contributed by atoms with van der Waals surface area (Å²) in [6.07, 6.45) is 0. The number of fused-ring (bicyclic) bond motifs is 3. The second-order valence-corrected chi connectivity index (χ2v) is 13.5. The molecular weight excluding hydrogens is 615 g/mol. The highest BCUT2D eigenvalue weighted by molar-refractivity contribution is 5.87. The Labute approximate surface area is 300 Å². The summed E-state index contributed by atoms with van der Waals surface area (Å²) in [6, 6.07) is 74.8. The van der Waals surface area contributed by atoms with Crippen LogP contribution in [0.2, 0.25) is 0 Å². The van der Waals surface area contributed by atoms with E-state index in [9.17, 15) is 0 Å². The fourth-order valence-electron chi connectivity index (χ4n) is 7.89. The zero-order valence-corrected chi connectivity index (χ0v) is 28.6. The summed E-state index contributed by atoms with van der Waals surface area (Å²) in [7, 11) is 0. The lowest BCUT2D eigenvalue weighted by atomic mass is 9.74. The van der Waals surface area contributed by atoms with Gasteiger partial charge in [0.1, 0.15) is 0 Å². The molecule has 1 heteroatoms. The lowest BCUT2D eigenvalue weighted by Crippen LogP contribution is -2.22. The van der Waals surface area contributed by atoms with Crippen LogP contribution in [0.5, 0.6) is 0 Å². The standard InChI is InChI=1S/C50H37N/c1-50(42-19-9-4-10-20-42)48-23-12-11-22-46(48)47-33-28-41(35-49(47)50)39-26-31-44(32-27-39)51(43-29-24-38(25-30-43)36-14-5-2-6-15-36)45-21-13-18-40(34-45)37-16-7-3-8-17-37/h2-35H,1H3. The van der Waals surface area contributed by atoms with Gasteiger partial charge in [0, 0.05) is 22.5 Å². The predicted molar refractivity (Wildman–Crippen MR) is 215 cm³/mol. The number of hydrogen-bond acceptors (Lipinski definition) is 1. The zero-order chi connectivity index (χ0) is 34.2. The third kappa shape index (κ3) is 5.44. The average Bonchev–Trinajstić information content (AvgIpc) is 3.48. The van der Waals surface area contributed by atoms with E-state index in [-0.39, 0.29) is 5.41 Å². The van der Waals surface area contributed by atoms with Crippen molar-refractivity contribution in [2.45, 2.75) is 12.3 Å². The van der Waals surface area contributed by atoms with Crippen molar-refractivity contribution >= 4 is 17.1 Å². The molecule has 0 aromatic heterocycles. The lowest BCUT2D eigenvalue weighted by molar-refractivity contribution is 0.714. The van der Waals surface area contributed by atoms with Gasteiger partial charge in [-0.15, -0.1) is 0 Å². The molecular formula is C50H37N. The van der Waals surface area contributed by atoms with Crippen LogP contribution in [-0.4, -0.2) is 0 Å². The van der Waals surface area contributed by atoms with E-state index >= 15 is 0 Å². The van der Waals surface area contributed by atoms with Gasteiger partial charge in [-0.3, -0.25) is 0 Å². The topological polar surface area (TPSA) is 3.24 Å². The van der Waals surface area contributed by atoms with Gasteiger partial charge in [0.05, 0.1) is 0 Å². The molecule has 242 valence electrons. The largest absolute Gasteiger partial charge is 0.310 e. The first-order valence-electron chi connectivity index (χ1n) is 17.7. The summed E-state index contributed by atoms with van der Waals surface area (Å²) in [5.74, 6) is 0. The van der Waals surface area contributed by atoms with Crippen LogP contribution >= 0.6 is 0 Å². The first-order chi connectivity index (χ1) is 25.2. The van der Waals surface area contributed by atoms with Gasteiger partial charge in [-0.1, -0.05) is 164 Å². The Hall–Kier alpha value is -6.44. The molecule has 0 saturated carbocycles. The van der Waals surface area contributed by atoms with Gasteiger partial charge < -0.3 is 4.90 Å². The number of nitrogens with zero attached hydrogens (tertiary/aromatic N) is 1. The van der Waals surface area contributed by atoms with E-state index in [0.29, 0.717) is 0 Å². The highest BCUT2D eigenvalue weighted by atomic mass is 15.1. The van der Waals surface area contributed by atoms with Crippen LogP contribution in [0.1, 0.15) is 23.6 Å². The minimum absolute atomic E-state index is 0.227. The third-order valence-electron chi connectivity index (χ3n) is 10.6. The summed E-state index contributed by atoms with van der Waals surface area (Å²) in [4.78, 5) is 2.36. The van der Waals surface area contributed by atoms with Crippen molar-refractivity contribution in [3.8, 4) is 44.5 Å². The van der Waals surface area contributed by atoms with Crippen molar-refractivity contribution in [1.29, 1.82) is 0 Å². The van der Waals surface area contributed by atoms with E-state index < -0.39 is 0 Å². The summed E-state index contributed by atoms with van der Waals surface area (Å²) in [5.41, 5.74) is 17.0. The smallest absolute Gasteiger partial charge is 0.0467 e. The Morgan fingerprint density at radius 2 is 0.765 bits per heavy atom. The Morgan fingerprint density at radius 1 is 0.314 bits per heavy atom. The van der Waals surface area contributed by atoms with Crippen molar-refractivity contribution in [3.63, 3.8) is 0 Å². The molecule has 8 aromatic rings. The maximum Gasteiger partial charge on any atom is 0.0467 e. The van der Waals surface area contributed by atoms with Crippen LogP contribution < -0.4 is 4.90 Å². The van der Waals surface area contributed by atoms with Gasteiger partial charge in [0.25, 0.3) is 0 Å². The fraction of sp³-hybridized carbons (Fsp3) is 0.0400. The minimum Gasteiger partial charge on any atom is -0.310 e. The number of anilines is 3. The SMILES string of the molecule is CC1(c2ccccc2)c2ccccc2-c2ccc(-c3ccc(N(c4ccc(-c5ccccc5)cc4)c4cccc(-c5ccccc5)c4)cc3)cc21. The Bertz CT molecular complexity index is 2450. The zero-order valence-electron chi connectivity index (χ0n) is 28.6. The Morgan fingerprint density at radius 3 is 1.41 bits per heavy atom. The molecule has 0 saturated heterocycles. The van der Waals surface area contributed by atoms with Crippen LogP contribution in [0.3, 0.4) is 0 Å². The van der Waals surface area contributed by atoms with Crippen molar-refractivity contribution in [2.24, 2.45) is 0 Å². The molecule has 51 heavy (non-hydrogen) atoms. The molecule has 0 bridgehead atoms. The molecule has 1 nitrogen and oxygen atoms in total. The molecule has 0 aliphatic heterocycles. The fourth-order valence-corrected chi connectivity index (χ4v) is 7.89. The molecule has 0 amide bonds. The molecule has 1 aliphatic rings. The van der Waals surface area contributed by atoms with Crippen molar-refractivity contribution in [3.05, 3.63) is 223 Å². The van der Waals surface area contributed by atoms with Crippen molar-refractivity contribution in [1.82, 2.24) is 0 Å². The van der Waals surface area contributed by atoms with Gasteiger partial charge in [-0.2, -0.15) is 0 Å². The van der Waals surface area contributed by atoms with Gasteiger partial charge in [0.15, 0.2) is 0 Å². The van der Waals surface area contributed by atoms with Crippen molar-refractivity contribution < 1.29 is 0 Å². The Balaban J connectivity index is 1.12.